The standard InChI is InChI=1S/C11H12BF3N2/c12-10-2-1-8(7-9(10)11(13,14)15)17-5-3-16-4-6-17/h1-2,7,16H,3-6H2. The van der Waals surface area contributed by atoms with Gasteiger partial charge in [-0.25, -0.2) is 0 Å². The van der Waals surface area contributed by atoms with Gasteiger partial charge in [0.2, 0.25) is 0 Å². The first-order valence-corrected chi connectivity index (χ1v) is 5.41. The SMILES string of the molecule is [B]c1ccc(N2CCNCC2)cc1C(F)(F)F. The van der Waals surface area contributed by atoms with Crippen LogP contribution in [0.5, 0.6) is 0 Å². The third kappa shape index (κ3) is 2.75. The van der Waals surface area contributed by atoms with Gasteiger partial charge in [0, 0.05) is 31.9 Å². The maximum Gasteiger partial charge on any atom is 0.415 e. The minimum Gasteiger partial charge on any atom is -0.369 e. The molecule has 0 spiro atoms. The van der Waals surface area contributed by atoms with Crippen LogP contribution in [0.2, 0.25) is 0 Å². The number of benzene rings is 1. The van der Waals surface area contributed by atoms with E-state index in [-0.39, 0.29) is 5.46 Å². The highest BCUT2D eigenvalue weighted by atomic mass is 19.4. The van der Waals surface area contributed by atoms with Crippen molar-refractivity contribution in [3.05, 3.63) is 23.8 Å². The molecule has 0 atom stereocenters. The summed E-state index contributed by atoms with van der Waals surface area (Å²) in [5.74, 6) is 0. The molecule has 0 unspecified atom stereocenters. The van der Waals surface area contributed by atoms with Crippen LogP contribution < -0.4 is 15.7 Å². The van der Waals surface area contributed by atoms with Crippen molar-refractivity contribution in [3.63, 3.8) is 0 Å². The number of rotatable bonds is 1. The highest BCUT2D eigenvalue weighted by Gasteiger charge is 2.32. The van der Waals surface area contributed by atoms with Crippen LogP contribution in [0.4, 0.5) is 18.9 Å². The number of piperazine rings is 1. The molecule has 90 valence electrons. The second-order valence-electron chi connectivity index (χ2n) is 4.01. The van der Waals surface area contributed by atoms with Gasteiger partial charge in [0.25, 0.3) is 0 Å². The van der Waals surface area contributed by atoms with E-state index in [1.807, 2.05) is 4.90 Å². The van der Waals surface area contributed by atoms with Crippen LogP contribution in [-0.4, -0.2) is 34.0 Å². The number of hydrogen-bond donors (Lipinski definition) is 1. The van der Waals surface area contributed by atoms with Crippen LogP contribution >= 0.6 is 0 Å². The van der Waals surface area contributed by atoms with Gasteiger partial charge in [-0.1, -0.05) is 11.5 Å². The topological polar surface area (TPSA) is 15.3 Å². The fourth-order valence-electron chi connectivity index (χ4n) is 1.91. The number of nitrogens with one attached hydrogen (secondary N) is 1. The molecule has 1 saturated heterocycles. The number of nitrogens with zero attached hydrogens (tertiary/aromatic N) is 1. The van der Waals surface area contributed by atoms with E-state index in [2.05, 4.69) is 5.32 Å². The van der Waals surface area contributed by atoms with Crippen molar-refractivity contribution in [1.82, 2.24) is 5.32 Å². The fourth-order valence-corrected chi connectivity index (χ4v) is 1.91. The maximum atomic E-state index is 12.7. The van der Waals surface area contributed by atoms with Crippen molar-refractivity contribution in [2.75, 3.05) is 31.1 Å². The summed E-state index contributed by atoms with van der Waals surface area (Å²) in [6, 6.07) is 4.08. The predicted octanol–water partition coefficient (Wildman–Crippen LogP) is 0.909. The third-order valence-electron chi connectivity index (χ3n) is 2.82. The minimum absolute atomic E-state index is 0.226. The summed E-state index contributed by atoms with van der Waals surface area (Å²) in [6.45, 7) is 2.99. The highest BCUT2D eigenvalue weighted by Crippen LogP contribution is 2.30. The first kappa shape index (κ1) is 12.3. The second kappa shape index (κ2) is 4.60. The van der Waals surface area contributed by atoms with Crippen molar-refractivity contribution in [2.45, 2.75) is 6.18 Å². The highest BCUT2D eigenvalue weighted by molar-refractivity contribution is 6.33. The van der Waals surface area contributed by atoms with Gasteiger partial charge in [0.05, 0.1) is 5.56 Å². The molecular weight excluding hydrogens is 228 g/mol. The summed E-state index contributed by atoms with van der Waals surface area (Å²) in [5.41, 5.74) is -0.405. The molecule has 2 nitrogen and oxygen atoms in total. The van der Waals surface area contributed by atoms with Gasteiger partial charge in [-0.2, -0.15) is 13.2 Å². The maximum absolute atomic E-state index is 12.7. The molecule has 2 rings (SSSR count). The number of alkyl halides is 3. The summed E-state index contributed by atoms with van der Waals surface area (Å²) in [5, 5.41) is 3.15. The van der Waals surface area contributed by atoms with Gasteiger partial charge < -0.3 is 10.2 Å². The van der Waals surface area contributed by atoms with Gasteiger partial charge in [-0.15, -0.1) is 0 Å². The molecule has 1 aliphatic rings. The summed E-state index contributed by atoms with van der Waals surface area (Å²) in [7, 11) is 5.35. The smallest absolute Gasteiger partial charge is 0.369 e. The minimum atomic E-state index is -4.39. The Morgan fingerprint density at radius 1 is 1.18 bits per heavy atom. The average molecular weight is 240 g/mol. The van der Waals surface area contributed by atoms with Crippen LogP contribution in [0.3, 0.4) is 0 Å². The van der Waals surface area contributed by atoms with Gasteiger partial charge in [0.15, 0.2) is 0 Å². The molecule has 1 aliphatic heterocycles. The Kier molecular flexibility index (Phi) is 3.33. The fraction of sp³-hybridized carbons (Fsp3) is 0.455. The average Bonchev–Trinajstić information content (AvgIpc) is 2.29. The quantitative estimate of drug-likeness (QED) is 0.734. The monoisotopic (exact) mass is 240 g/mol. The molecule has 1 aromatic carbocycles. The van der Waals surface area contributed by atoms with Gasteiger partial charge >= 0.3 is 6.18 Å². The Balaban J connectivity index is 2.30. The van der Waals surface area contributed by atoms with Gasteiger partial charge in [-0.3, -0.25) is 0 Å². The lowest BCUT2D eigenvalue weighted by molar-refractivity contribution is -0.136. The molecule has 17 heavy (non-hydrogen) atoms. The van der Waals surface area contributed by atoms with Crippen LogP contribution in [0.1, 0.15) is 5.56 Å². The van der Waals surface area contributed by atoms with E-state index >= 15 is 0 Å². The van der Waals surface area contributed by atoms with E-state index in [1.54, 1.807) is 6.07 Å². The molecule has 0 amide bonds. The lowest BCUT2D eigenvalue weighted by Gasteiger charge is -2.30. The van der Waals surface area contributed by atoms with Crippen molar-refractivity contribution in [3.8, 4) is 0 Å². The zero-order valence-corrected chi connectivity index (χ0v) is 9.22. The van der Waals surface area contributed by atoms with Gasteiger partial charge in [-0.05, 0) is 12.1 Å². The lowest BCUT2D eigenvalue weighted by Crippen LogP contribution is -2.43. The summed E-state index contributed by atoms with van der Waals surface area (Å²) >= 11 is 0. The molecule has 0 bridgehead atoms. The van der Waals surface area contributed by atoms with E-state index in [0.29, 0.717) is 18.8 Å². The van der Waals surface area contributed by atoms with Crippen LogP contribution in [0.25, 0.3) is 0 Å². The van der Waals surface area contributed by atoms with Crippen LogP contribution in [0.15, 0.2) is 18.2 Å². The van der Waals surface area contributed by atoms with E-state index in [0.717, 1.165) is 19.2 Å². The van der Waals surface area contributed by atoms with E-state index in [9.17, 15) is 13.2 Å². The van der Waals surface area contributed by atoms with Gasteiger partial charge in [0.1, 0.15) is 7.85 Å². The van der Waals surface area contributed by atoms with Crippen LogP contribution in [-0.2, 0) is 6.18 Å². The van der Waals surface area contributed by atoms with E-state index in [4.69, 9.17) is 7.85 Å². The first-order valence-electron chi connectivity index (χ1n) is 5.41. The Morgan fingerprint density at radius 3 is 2.41 bits per heavy atom. The molecular formula is C11H12BF3N2. The summed E-state index contributed by atoms with van der Waals surface area (Å²) < 4.78 is 38.1. The number of anilines is 1. The zero-order valence-electron chi connectivity index (χ0n) is 9.22. The zero-order chi connectivity index (χ0) is 12.5. The number of hydrogen-bond acceptors (Lipinski definition) is 2. The van der Waals surface area contributed by atoms with Crippen LogP contribution in [0, 0.1) is 0 Å². The van der Waals surface area contributed by atoms with Crippen molar-refractivity contribution >= 4 is 19.0 Å². The van der Waals surface area contributed by atoms with Crippen molar-refractivity contribution < 1.29 is 13.2 Å². The lowest BCUT2D eigenvalue weighted by atomic mass is 9.89. The number of halogens is 3. The second-order valence-corrected chi connectivity index (χ2v) is 4.01. The molecule has 6 heteroatoms. The molecule has 1 fully saturated rings. The third-order valence-corrected chi connectivity index (χ3v) is 2.82. The Morgan fingerprint density at radius 2 is 1.82 bits per heavy atom. The largest absolute Gasteiger partial charge is 0.415 e. The van der Waals surface area contributed by atoms with Crippen molar-refractivity contribution in [2.24, 2.45) is 0 Å². The van der Waals surface area contributed by atoms with E-state index < -0.39 is 11.7 Å². The molecule has 0 saturated carbocycles. The Labute approximate surface area is 99.2 Å². The first-order chi connectivity index (χ1) is 7.98. The summed E-state index contributed by atoms with van der Waals surface area (Å²) in [6.07, 6.45) is -4.39. The summed E-state index contributed by atoms with van der Waals surface area (Å²) in [4.78, 5) is 1.92. The Bertz CT molecular complexity index is 400. The molecule has 0 aliphatic carbocycles. The molecule has 1 heterocycles. The predicted molar refractivity (Wildman–Crippen MR) is 61.9 cm³/mol. The molecule has 1 aromatic rings. The normalized spacial score (nSPS) is 17.2. The Hall–Kier alpha value is -1.17. The van der Waals surface area contributed by atoms with Crippen molar-refractivity contribution in [1.29, 1.82) is 0 Å². The molecule has 0 aromatic heterocycles. The van der Waals surface area contributed by atoms with E-state index in [1.165, 1.54) is 6.07 Å². The molecule has 2 radical (unpaired) electrons. The molecule has 1 N–H and O–H groups in total.